The third kappa shape index (κ3) is 7.39. The van der Waals surface area contributed by atoms with Crippen LogP contribution in [0.25, 0.3) is 0 Å². The molecular weight excluding hydrogens is 1170 g/mol. The Morgan fingerprint density at radius 2 is 1.68 bits per heavy atom. The quantitative estimate of drug-likeness (QED) is 0.148. The summed E-state index contributed by atoms with van der Waals surface area (Å²) >= 11 is 1.26. The van der Waals surface area contributed by atoms with E-state index in [0.717, 1.165) is 5.56 Å². The van der Waals surface area contributed by atoms with E-state index in [1.165, 1.54) is 18.3 Å². The fourth-order valence-corrected chi connectivity index (χ4v) is 10.1. The molecule has 2 bridgehead atoms. The Balaban J connectivity index is 0.00000300. The number of hydrogen-bond donors (Lipinski definition) is 4. The second-order valence-corrected chi connectivity index (χ2v) is 16.9. The van der Waals surface area contributed by atoms with Gasteiger partial charge in [0, 0.05) is 130 Å². The molecule has 3 aliphatic carbocycles. The molecule has 11 atom stereocenters. The summed E-state index contributed by atoms with van der Waals surface area (Å²) in [5.41, 5.74) is -6.02. The zero-order chi connectivity index (χ0) is 39.0. The maximum absolute atomic E-state index is 14.8. The first-order chi connectivity index (χ1) is 25.5. The van der Waals surface area contributed by atoms with Crippen LogP contribution in [0.1, 0.15) is 69.3 Å². The summed E-state index contributed by atoms with van der Waals surface area (Å²) in [5.74, 6) is -3.96. The van der Waals surface area contributed by atoms with E-state index in [0.29, 0.717) is 11.5 Å². The number of rotatable bonds is 8. The van der Waals surface area contributed by atoms with Crippen LogP contribution in [0.5, 0.6) is 5.88 Å². The predicted molar refractivity (Wildman–Crippen MR) is 194 cm³/mol. The first-order valence-corrected chi connectivity index (χ1v) is 19.2. The van der Waals surface area contributed by atoms with Gasteiger partial charge in [0.2, 0.25) is 6.10 Å². The summed E-state index contributed by atoms with van der Waals surface area (Å²) < 4.78 is 26.3. The molecule has 7 rings (SSSR count). The van der Waals surface area contributed by atoms with Crippen molar-refractivity contribution >= 4 is 29.1 Å². The number of ketones is 1. The Bertz CT molecular complexity index is 1980. The molecule has 15 heteroatoms. The molecule has 3 heterocycles. The van der Waals surface area contributed by atoms with Gasteiger partial charge in [0.25, 0.3) is 0 Å². The Kier molecular flexibility index (Phi) is 14.0. The van der Waals surface area contributed by atoms with Crippen molar-refractivity contribution in [3.8, 4) is 5.88 Å². The number of aliphatic hydroxyl groups excluding tert-OH is 2. The molecule has 3 aromatic rings. The van der Waals surface area contributed by atoms with Crippen molar-refractivity contribution in [3.05, 3.63) is 93.8 Å². The Hall–Kier alpha value is -1.10. The van der Waals surface area contributed by atoms with E-state index in [-0.39, 0.29) is 119 Å². The van der Waals surface area contributed by atoms with Crippen LogP contribution >= 0.6 is 11.3 Å². The van der Waals surface area contributed by atoms with Gasteiger partial charge in [-0.3, -0.25) is 4.79 Å². The average molecular weight is 1220 g/mol. The number of fused-ring (bicyclic) bond motifs is 5. The van der Waals surface area contributed by atoms with Crippen LogP contribution in [0.15, 0.2) is 82.7 Å². The molecule has 9 unspecified atom stereocenters. The van der Waals surface area contributed by atoms with E-state index in [1.807, 2.05) is 43.3 Å². The van der Waals surface area contributed by atoms with Crippen molar-refractivity contribution in [2.45, 2.75) is 101 Å². The van der Waals surface area contributed by atoms with Crippen molar-refractivity contribution in [2.75, 3.05) is 6.61 Å². The molecule has 2 saturated carbocycles. The maximum atomic E-state index is 14.8. The summed E-state index contributed by atoms with van der Waals surface area (Å²) in [6, 6.07) is 16.2. The molecule has 4 aliphatic rings. The smallest absolute Gasteiger partial charge is 0.368 e. The van der Waals surface area contributed by atoms with Crippen molar-refractivity contribution in [1.82, 2.24) is 0 Å². The van der Waals surface area contributed by atoms with Crippen LogP contribution in [0, 0.1) is 105 Å². The second kappa shape index (κ2) is 17.1. The molecule has 12 nitrogen and oxygen atoms in total. The molecule has 2 aromatic heterocycles. The number of ether oxygens (including phenoxy) is 4. The Morgan fingerprint density at radius 3 is 2.29 bits per heavy atom. The zero-order valence-electron chi connectivity index (χ0n) is 32.3. The van der Waals surface area contributed by atoms with E-state index in [1.54, 1.807) is 67.5 Å². The minimum atomic E-state index is -2.19. The van der Waals surface area contributed by atoms with E-state index in [9.17, 15) is 34.8 Å². The Labute approximate surface area is 402 Å². The number of aromatic nitrogens is 1. The number of nitrogens with zero attached hydrogens (tertiary/aromatic N) is 1. The fourth-order valence-electron chi connectivity index (χ4n) is 9.44. The molecule has 1 saturated heterocycles. The monoisotopic (exact) mass is 1220 g/mol. The molecule has 0 amide bonds. The number of hydrogen-bond acceptors (Lipinski definition) is 12. The molecule has 4 N–H and O–H groups in total. The number of benzene rings is 1. The summed E-state index contributed by atoms with van der Waals surface area (Å²) in [7, 11) is 1.78. The maximum Gasteiger partial charge on any atom is 0.368 e. The van der Waals surface area contributed by atoms with Crippen LogP contribution in [-0.4, -0.2) is 92.6 Å². The number of pyridine rings is 1. The Morgan fingerprint density at radius 1 is 1.00 bits per heavy atom. The third-order valence-corrected chi connectivity index (χ3v) is 13.6. The van der Waals surface area contributed by atoms with Crippen LogP contribution < -0.4 is 9.30 Å². The van der Waals surface area contributed by atoms with Gasteiger partial charge in [0.1, 0.15) is 36.6 Å². The molecule has 294 valence electrons. The molecule has 0 spiro atoms. The fraction of sp³-hybridized carbons (Fsp3) is 0.512. The van der Waals surface area contributed by atoms with Crippen LogP contribution in [0.2, 0.25) is 0 Å². The van der Waals surface area contributed by atoms with Gasteiger partial charge < -0.3 is 39.4 Å². The number of esters is 2. The first kappa shape index (κ1) is 46.0. The zero-order valence-corrected chi connectivity index (χ0v) is 42.6. The van der Waals surface area contributed by atoms with E-state index < -0.39 is 88.2 Å². The standard InChI is InChI=1S/C41H48NO11S.2Ac/c1-22(24-12-8-7-9-13-24)32(52-29-14-10-11-16-42(29)6)37(47)51-26-19-41(49)35(53-36(46)25-15-17-54-20-25)33-39(5,27(43)18-28-40(33,48)21-50-28)34(45)31(44)30(23(26)2)38(41,3)4;;/h7-17,20,22,26-28,31-33,35,43-44,48-49H,18-19,21H2,1-6H3;;/q+1;;/t22-,26?,27?,28?,31?,32?,33?,35?,39+,40?,41?;;/m0../s1. The summed E-state index contributed by atoms with van der Waals surface area (Å²) in [5, 5.41) is 52.7. The minimum absolute atomic E-state index is 0. The largest absolute Gasteiger partial charge is 0.455 e. The van der Waals surface area contributed by atoms with Crippen molar-refractivity contribution in [3.63, 3.8) is 0 Å². The summed E-state index contributed by atoms with van der Waals surface area (Å²) in [6.45, 7) is 7.91. The van der Waals surface area contributed by atoms with Crippen molar-refractivity contribution in [2.24, 2.45) is 23.8 Å². The predicted octanol–water partition coefficient (Wildman–Crippen LogP) is 3.20. The number of thiophene rings is 1. The average Bonchev–Trinajstić information content (AvgIpc) is 3.69. The number of carbonyl (C=O) groups excluding carboxylic acids is 3. The molecule has 1 aromatic carbocycles. The normalized spacial score (nSPS) is 34.0. The first-order valence-electron chi connectivity index (χ1n) is 18.2. The van der Waals surface area contributed by atoms with Gasteiger partial charge >= 0.3 is 17.8 Å². The third-order valence-electron chi connectivity index (χ3n) is 12.9. The van der Waals surface area contributed by atoms with Gasteiger partial charge in [-0.25, -0.2) is 9.59 Å². The summed E-state index contributed by atoms with van der Waals surface area (Å²) in [6.07, 6.45) is -7.02. The molecule has 3 fully saturated rings. The SMILES string of the molecule is CC1=C2C(O)C(=O)[C@]3(C)C(O)CC4OCC4(O)C3C(OC(=O)c3ccsc3)C(O)(CC1OC(=O)C(Oc1cccc[n+]1C)[C@@H](C)c1ccccc1)C2(C)C.[Ac].[Ac]. The van der Waals surface area contributed by atoms with Crippen LogP contribution in [0.4, 0.5) is 0 Å². The van der Waals surface area contributed by atoms with Gasteiger partial charge in [-0.05, 0) is 48.1 Å². The van der Waals surface area contributed by atoms with Crippen molar-refractivity contribution < 1.29 is 146 Å². The van der Waals surface area contributed by atoms with E-state index in [4.69, 9.17) is 18.9 Å². The van der Waals surface area contributed by atoms with Gasteiger partial charge in [-0.15, -0.1) is 0 Å². The number of aryl methyl sites for hydroxylation is 1. The molecular formula is C41H48Ac2NO11S+. The number of aliphatic hydroxyl groups is 4. The minimum Gasteiger partial charge on any atom is -0.455 e. The van der Waals surface area contributed by atoms with Crippen molar-refractivity contribution in [1.29, 1.82) is 0 Å². The molecule has 1 aliphatic heterocycles. The van der Waals surface area contributed by atoms with E-state index >= 15 is 0 Å². The topological polar surface area (TPSA) is 173 Å². The van der Waals surface area contributed by atoms with Crippen LogP contribution in [-0.2, 0) is 30.8 Å². The summed E-state index contributed by atoms with van der Waals surface area (Å²) in [4.78, 5) is 43.1. The second-order valence-electron chi connectivity index (χ2n) is 16.1. The van der Waals surface area contributed by atoms with Gasteiger partial charge in [-0.1, -0.05) is 51.1 Å². The van der Waals surface area contributed by atoms with Crippen LogP contribution in [0.3, 0.4) is 0 Å². The number of carbonyl (C=O) groups is 3. The number of Topliss-reactive ketones (excluding diaryl/α,β-unsaturated/α-hetero) is 1. The molecule has 2 radical (unpaired) electrons. The van der Waals surface area contributed by atoms with Gasteiger partial charge in [-0.2, -0.15) is 15.9 Å². The molecule has 56 heavy (non-hydrogen) atoms. The van der Waals surface area contributed by atoms with E-state index in [2.05, 4.69) is 0 Å². The van der Waals surface area contributed by atoms with Gasteiger partial charge in [0.15, 0.2) is 12.0 Å². The van der Waals surface area contributed by atoms with Gasteiger partial charge in [0.05, 0.1) is 35.9 Å².